The summed E-state index contributed by atoms with van der Waals surface area (Å²) in [4.78, 5) is 4.65. The summed E-state index contributed by atoms with van der Waals surface area (Å²) >= 11 is 0. The van der Waals surface area contributed by atoms with E-state index in [0.717, 1.165) is 13.1 Å². The summed E-state index contributed by atoms with van der Waals surface area (Å²) in [7, 11) is 0. The molecule has 0 aromatic carbocycles. The second-order valence-electron chi connectivity index (χ2n) is 4.93. The van der Waals surface area contributed by atoms with Gasteiger partial charge in [0.15, 0.2) is 0 Å². The standard InChI is InChI=1S/C12H19N3/c1-9-3-2-6-15-11(9)8-14-12(15)10-4-5-13-7-10/h8-10,13H,2-7H2,1H3. The van der Waals surface area contributed by atoms with Crippen molar-refractivity contribution in [2.75, 3.05) is 13.1 Å². The van der Waals surface area contributed by atoms with Crippen LogP contribution in [0.5, 0.6) is 0 Å². The lowest BCUT2D eigenvalue weighted by Crippen LogP contribution is -2.18. The Bertz CT molecular complexity index is 350. The van der Waals surface area contributed by atoms with Crippen molar-refractivity contribution >= 4 is 0 Å². The van der Waals surface area contributed by atoms with Crippen LogP contribution in [0.4, 0.5) is 0 Å². The quantitative estimate of drug-likeness (QED) is 0.758. The Kier molecular flexibility index (Phi) is 2.28. The van der Waals surface area contributed by atoms with Gasteiger partial charge < -0.3 is 9.88 Å². The third-order valence-corrected chi connectivity index (χ3v) is 3.87. The minimum absolute atomic E-state index is 0.657. The molecule has 1 aromatic rings. The Morgan fingerprint density at radius 1 is 1.47 bits per heavy atom. The van der Waals surface area contributed by atoms with E-state index in [4.69, 9.17) is 0 Å². The number of hydrogen-bond acceptors (Lipinski definition) is 2. The summed E-state index contributed by atoms with van der Waals surface area (Å²) in [6.07, 6.45) is 6.01. The van der Waals surface area contributed by atoms with Gasteiger partial charge in [-0.2, -0.15) is 0 Å². The van der Waals surface area contributed by atoms with Gasteiger partial charge in [0, 0.05) is 30.9 Å². The van der Waals surface area contributed by atoms with Crippen LogP contribution in [0.1, 0.15) is 49.5 Å². The first kappa shape index (κ1) is 9.40. The van der Waals surface area contributed by atoms with Gasteiger partial charge in [0.2, 0.25) is 0 Å². The summed E-state index contributed by atoms with van der Waals surface area (Å²) in [6, 6.07) is 0. The van der Waals surface area contributed by atoms with Crippen molar-refractivity contribution in [1.29, 1.82) is 0 Å². The lowest BCUT2D eigenvalue weighted by molar-refractivity contribution is 0.453. The van der Waals surface area contributed by atoms with Crippen LogP contribution >= 0.6 is 0 Å². The van der Waals surface area contributed by atoms with Gasteiger partial charge in [-0.25, -0.2) is 4.98 Å². The fraction of sp³-hybridized carbons (Fsp3) is 0.750. The van der Waals surface area contributed by atoms with E-state index in [1.807, 2.05) is 0 Å². The zero-order valence-corrected chi connectivity index (χ0v) is 9.37. The molecule has 1 aromatic heterocycles. The average molecular weight is 205 g/mol. The minimum atomic E-state index is 0.657. The van der Waals surface area contributed by atoms with Gasteiger partial charge in [-0.05, 0) is 31.7 Å². The van der Waals surface area contributed by atoms with E-state index in [1.54, 1.807) is 0 Å². The Morgan fingerprint density at radius 2 is 2.40 bits per heavy atom. The first-order valence-corrected chi connectivity index (χ1v) is 6.12. The number of nitrogens with zero attached hydrogens (tertiary/aromatic N) is 2. The normalized spacial score (nSPS) is 30.5. The molecule has 3 heteroatoms. The Hall–Kier alpha value is -0.830. The summed E-state index contributed by atoms with van der Waals surface area (Å²) in [5.41, 5.74) is 1.46. The first-order chi connectivity index (χ1) is 7.36. The molecular formula is C12H19N3. The molecule has 0 spiro atoms. The summed E-state index contributed by atoms with van der Waals surface area (Å²) in [6.45, 7) is 5.78. The summed E-state index contributed by atoms with van der Waals surface area (Å²) < 4.78 is 2.48. The third-order valence-electron chi connectivity index (χ3n) is 3.87. The molecular weight excluding hydrogens is 186 g/mol. The largest absolute Gasteiger partial charge is 0.332 e. The van der Waals surface area contributed by atoms with Gasteiger partial charge in [-0.3, -0.25) is 0 Å². The molecule has 2 atom stereocenters. The predicted octanol–water partition coefficient (Wildman–Crippen LogP) is 1.86. The molecule has 2 aliphatic heterocycles. The molecule has 0 aliphatic carbocycles. The van der Waals surface area contributed by atoms with E-state index in [2.05, 4.69) is 28.0 Å². The lowest BCUT2D eigenvalue weighted by atomic mass is 9.98. The Morgan fingerprint density at radius 3 is 3.20 bits per heavy atom. The van der Waals surface area contributed by atoms with Crippen LogP contribution in [0, 0.1) is 0 Å². The van der Waals surface area contributed by atoms with E-state index in [-0.39, 0.29) is 0 Å². The maximum absolute atomic E-state index is 4.65. The molecule has 1 saturated heterocycles. The Labute approximate surface area is 90.9 Å². The lowest BCUT2D eigenvalue weighted by Gasteiger charge is -2.23. The molecule has 1 fully saturated rings. The highest BCUT2D eigenvalue weighted by atomic mass is 15.1. The van der Waals surface area contributed by atoms with Gasteiger partial charge >= 0.3 is 0 Å². The predicted molar refractivity (Wildman–Crippen MR) is 60.1 cm³/mol. The van der Waals surface area contributed by atoms with Gasteiger partial charge in [-0.1, -0.05) is 6.92 Å². The molecule has 2 unspecified atom stereocenters. The van der Waals surface area contributed by atoms with E-state index in [9.17, 15) is 0 Å². The maximum atomic E-state index is 4.65. The highest BCUT2D eigenvalue weighted by Crippen LogP contribution is 2.31. The highest BCUT2D eigenvalue weighted by Gasteiger charge is 2.26. The number of nitrogens with one attached hydrogen (secondary N) is 1. The monoisotopic (exact) mass is 205 g/mol. The molecule has 0 saturated carbocycles. The minimum Gasteiger partial charge on any atom is -0.332 e. The second-order valence-corrected chi connectivity index (χ2v) is 4.93. The Balaban J connectivity index is 1.95. The van der Waals surface area contributed by atoms with E-state index >= 15 is 0 Å². The van der Waals surface area contributed by atoms with Gasteiger partial charge in [0.1, 0.15) is 5.82 Å². The van der Waals surface area contributed by atoms with Crippen LogP contribution in [0.25, 0.3) is 0 Å². The molecule has 3 heterocycles. The molecule has 3 rings (SSSR count). The molecule has 1 N–H and O–H groups in total. The van der Waals surface area contributed by atoms with E-state index in [1.165, 1.54) is 37.3 Å². The molecule has 0 bridgehead atoms. The van der Waals surface area contributed by atoms with Crippen molar-refractivity contribution in [3.8, 4) is 0 Å². The number of rotatable bonds is 1. The second kappa shape index (κ2) is 3.63. The number of imidazole rings is 1. The molecule has 0 amide bonds. The van der Waals surface area contributed by atoms with E-state index in [0.29, 0.717) is 11.8 Å². The van der Waals surface area contributed by atoms with Crippen molar-refractivity contribution in [1.82, 2.24) is 14.9 Å². The molecule has 3 nitrogen and oxygen atoms in total. The third kappa shape index (κ3) is 1.49. The highest BCUT2D eigenvalue weighted by molar-refractivity contribution is 5.16. The summed E-state index contributed by atoms with van der Waals surface area (Å²) in [5.74, 6) is 2.69. The molecule has 82 valence electrons. The maximum Gasteiger partial charge on any atom is 0.113 e. The topological polar surface area (TPSA) is 29.9 Å². The van der Waals surface area contributed by atoms with Crippen molar-refractivity contribution in [2.24, 2.45) is 0 Å². The summed E-state index contributed by atoms with van der Waals surface area (Å²) in [5, 5.41) is 3.43. The first-order valence-electron chi connectivity index (χ1n) is 6.12. The van der Waals surface area contributed by atoms with Crippen molar-refractivity contribution < 1.29 is 0 Å². The van der Waals surface area contributed by atoms with Crippen LogP contribution in [0.2, 0.25) is 0 Å². The average Bonchev–Trinajstić information content (AvgIpc) is 2.85. The number of hydrogen-bond donors (Lipinski definition) is 1. The molecule has 15 heavy (non-hydrogen) atoms. The molecule has 0 radical (unpaired) electrons. The van der Waals surface area contributed by atoms with Crippen LogP contribution in [0.15, 0.2) is 6.20 Å². The van der Waals surface area contributed by atoms with Crippen molar-refractivity contribution in [3.05, 3.63) is 17.7 Å². The van der Waals surface area contributed by atoms with Crippen LogP contribution in [0.3, 0.4) is 0 Å². The fourth-order valence-corrected chi connectivity index (χ4v) is 2.95. The number of aromatic nitrogens is 2. The fourth-order valence-electron chi connectivity index (χ4n) is 2.95. The van der Waals surface area contributed by atoms with Crippen molar-refractivity contribution in [2.45, 2.75) is 44.6 Å². The van der Waals surface area contributed by atoms with Crippen molar-refractivity contribution in [3.63, 3.8) is 0 Å². The van der Waals surface area contributed by atoms with Crippen LogP contribution in [-0.2, 0) is 6.54 Å². The van der Waals surface area contributed by atoms with Crippen LogP contribution in [-0.4, -0.2) is 22.6 Å². The molecule has 2 aliphatic rings. The SMILES string of the molecule is CC1CCCn2c1cnc2C1CCNC1. The van der Waals surface area contributed by atoms with Gasteiger partial charge in [0.25, 0.3) is 0 Å². The van der Waals surface area contributed by atoms with E-state index < -0.39 is 0 Å². The smallest absolute Gasteiger partial charge is 0.113 e. The van der Waals surface area contributed by atoms with Gasteiger partial charge in [-0.15, -0.1) is 0 Å². The zero-order valence-electron chi connectivity index (χ0n) is 9.37. The van der Waals surface area contributed by atoms with Crippen LogP contribution < -0.4 is 5.32 Å². The zero-order chi connectivity index (χ0) is 10.3. The number of fused-ring (bicyclic) bond motifs is 1. The van der Waals surface area contributed by atoms with Gasteiger partial charge in [0.05, 0.1) is 0 Å².